The first-order valence-corrected chi connectivity index (χ1v) is 13.4. The zero-order valence-electron chi connectivity index (χ0n) is 23.2. The van der Waals surface area contributed by atoms with Crippen LogP contribution in [-0.4, -0.2) is 68.1 Å². The minimum Gasteiger partial charge on any atom is -0.493 e. The van der Waals surface area contributed by atoms with E-state index in [0.717, 1.165) is 87.6 Å². The van der Waals surface area contributed by atoms with Crippen LogP contribution in [0.2, 0.25) is 0 Å². The Hall–Kier alpha value is -2.48. The Morgan fingerprint density at radius 2 is 0.784 bits per heavy atom. The number of hydrogen-bond donors (Lipinski definition) is 0. The van der Waals surface area contributed by atoms with Crippen LogP contribution in [-0.2, 0) is 27.1 Å². The highest BCUT2D eigenvalue weighted by molar-refractivity contribution is 5.43. The van der Waals surface area contributed by atoms with Gasteiger partial charge >= 0.3 is 0 Å². The number of unbranched alkanes of at least 4 members (excludes halogenated alkanes) is 4. The number of methoxy groups -OCH3 is 4. The van der Waals surface area contributed by atoms with Crippen LogP contribution in [0.1, 0.15) is 49.7 Å². The summed E-state index contributed by atoms with van der Waals surface area (Å²) >= 11 is 0. The number of hydrogen-bond acceptors (Lipinski definition) is 7. The first-order chi connectivity index (χ1) is 18.2. The minimum absolute atomic E-state index is 0.611. The topological polar surface area (TPSA) is 64.6 Å². The van der Waals surface area contributed by atoms with E-state index in [1.807, 2.05) is 12.1 Å². The van der Waals surface area contributed by atoms with Gasteiger partial charge in [-0.2, -0.15) is 0 Å². The first-order valence-electron chi connectivity index (χ1n) is 13.4. The molecule has 0 heterocycles. The predicted molar refractivity (Wildman–Crippen MR) is 147 cm³/mol. The summed E-state index contributed by atoms with van der Waals surface area (Å²) in [6, 6.07) is 12.2. The molecule has 0 spiro atoms. The molecule has 0 aliphatic rings. The van der Waals surface area contributed by atoms with Gasteiger partial charge in [-0.1, -0.05) is 25.0 Å². The van der Waals surface area contributed by atoms with Crippen molar-refractivity contribution in [1.82, 2.24) is 0 Å². The molecule has 0 atom stereocenters. The lowest BCUT2D eigenvalue weighted by Gasteiger charge is -2.10. The van der Waals surface area contributed by atoms with Crippen LogP contribution >= 0.6 is 0 Å². The summed E-state index contributed by atoms with van der Waals surface area (Å²) in [4.78, 5) is 0. The third kappa shape index (κ3) is 12.5. The minimum atomic E-state index is 0.611. The van der Waals surface area contributed by atoms with Crippen LogP contribution in [0.15, 0.2) is 36.4 Å². The smallest absolute Gasteiger partial charge is 0.160 e. The molecule has 2 aromatic carbocycles. The van der Waals surface area contributed by atoms with Crippen LogP contribution in [0.4, 0.5) is 0 Å². The Balaban J connectivity index is 1.34. The normalized spacial score (nSPS) is 10.9. The number of benzene rings is 2. The summed E-state index contributed by atoms with van der Waals surface area (Å²) < 4.78 is 38.2. The summed E-state index contributed by atoms with van der Waals surface area (Å²) in [6.07, 6.45) is 8.70. The van der Waals surface area contributed by atoms with Crippen LogP contribution in [0.3, 0.4) is 0 Å². The van der Waals surface area contributed by atoms with Crippen molar-refractivity contribution in [1.29, 1.82) is 0 Å². The van der Waals surface area contributed by atoms with E-state index in [-0.39, 0.29) is 0 Å². The molecule has 0 unspecified atom stereocenters. The predicted octanol–water partition coefficient (Wildman–Crippen LogP) is 5.90. The lowest BCUT2D eigenvalue weighted by molar-refractivity contribution is 0.0132. The molecule has 0 radical (unpaired) electrons. The van der Waals surface area contributed by atoms with E-state index in [9.17, 15) is 0 Å². The van der Waals surface area contributed by atoms with E-state index in [4.69, 9.17) is 33.2 Å². The van der Waals surface area contributed by atoms with Crippen molar-refractivity contribution in [2.75, 3.05) is 68.1 Å². The molecule has 208 valence electrons. The van der Waals surface area contributed by atoms with Crippen molar-refractivity contribution in [3.8, 4) is 23.0 Å². The lowest BCUT2D eigenvalue weighted by atomic mass is 10.1. The summed E-state index contributed by atoms with van der Waals surface area (Å²) in [6.45, 7) is 4.03. The van der Waals surface area contributed by atoms with Gasteiger partial charge < -0.3 is 33.2 Å². The molecule has 37 heavy (non-hydrogen) atoms. The molecule has 2 aromatic rings. The van der Waals surface area contributed by atoms with E-state index in [0.29, 0.717) is 26.4 Å². The van der Waals surface area contributed by atoms with Gasteiger partial charge in [0.25, 0.3) is 0 Å². The Bertz CT molecular complexity index is 786. The van der Waals surface area contributed by atoms with Crippen molar-refractivity contribution in [2.24, 2.45) is 0 Å². The molecule has 0 N–H and O–H groups in total. The van der Waals surface area contributed by atoms with E-state index in [1.165, 1.54) is 11.1 Å². The fourth-order valence-electron chi connectivity index (χ4n) is 4.03. The SMILES string of the molecule is COc1ccc(CCCCCOCCOCCOCCCCCc2ccc(OC)c(OC)c2)cc1OC. The fourth-order valence-corrected chi connectivity index (χ4v) is 4.03. The summed E-state index contributed by atoms with van der Waals surface area (Å²) in [5.74, 6) is 3.12. The molecule has 7 heteroatoms. The molecular formula is C30H46O7. The molecule has 0 saturated carbocycles. The first kappa shape index (κ1) is 30.7. The molecule has 0 amide bonds. The second-order valence-corrected chi connectivity index (χ2v) is 8.84. The molecule has 0 fully saturated rings. The third-order valence-corrected chi connectivity index (χ3v) is 6.15. The maximum atomic E-state index is 5.67. The Morgan fingerprint density at radius 1 is 0.405 bits per heavy atom. The summed E-state index contributed by atoms with van der Waals surface area (Å²) in [7, 11) is 6.65. The van der Waals surface area contributed by atoms with E-state index >= 15 is 0 Å². The zero-order valence-corrected chi connectivity index (χ0v) is 23.2. The van der Waals surface area contributed by atoms with Crippen LogP contribution < -0.4 is 18.9 Å². The average molecular weight is 519 g/mol. The third-order valence-electron chi connectivity index (χ3n) is 6.15. The second kappa shape index (κ2) is 19.6. The number of aryl methyl sites for hydroxylation is 2. The van der Waals surface area contributed by atoms with Crippen molar-refractivity contribution >= 4 is 0 Å². The van der Waals surface area contributed by atoms with Gasteiger partial charge in [0.15, 0.2) is 23.0 Å². The van der Waals surface area contributed by atoms with Gasteiger partial charge in [0.1, 0.15) is 0 Å². The largest absolute Gasteiger partial charge is 0.493 e. The maximum Gasteiger partial charge on any atom is 0.160 e. The van der Waals surface area contributed by atoms with E-state index in [2.05, 4.69) is 24.3 Å². The molecular weight excluding hydrogens is 472 g/mol. The Kier molecular flexibility index (Phi) is 16.3. The van der Waals surface area contributed by atoms with Gasteiger partial charge in [-0.3, -0.25) is 0 Å². The van der Waals surface area contributed by atoms with Gasteiger partial charge in [-0.05, 0) is 73.9 Å². The standard InChI is InChI=1S/C30H46O7/c1-31-27-15-13-25(23-29(27)33-3)11-7-5-9-17-35-19-21-37-22-20-36-18-10-6-8-12-26-14-16-28(32-2)30(24-26)34-4/h13-16,23-24H,5-12,17-22H2,1-4H3. The fraction of sp³-hybridized carbons (Fsp3) is 0.600. The lowest BCUT2D eigenvalue weighted by Crippen LogP contribution is -2.10. The monoisotopic (exact) mass is 518 g/mol. The Labute approximate surface area is 223 Å². The van der Waals surface area contributed by atoms with Crippen LogP contribution in [0, 0.1) is 0 Å². The molecule has 0 aliphatic carbocycles. The van der Waals surface area contributed by atoms with Crippen molar-refractivity contribution in [3.63, 3.8) is 0 Å². The number of ether oxygens (including phenoxy) is 7. The van der Waals surface area contributed by atoms with Gasteiger partial charge in [-0.15, -0.1) is 0 Å². The van der Waals surface area contributed by atoms with Crippen molar-refractivity contribution < 1.29 is 33.2 Å². The summed E-state index contributed by atoms with van der Waals surface area (Å²) in [5, 5.41) is 0. The van der Waals surface area contributed by atoms with Crippen LogP contribution in [0.25, 0.3) is 0 Å². The van der Waals surface area contributed by atoms with Gasteiger partial charge in [-0.25, -0.2) is 0 Å². The molecule has 0 bridgehead atoms. The van der Waals surface area contributed by atoms with Crippen molar-refractivity contribution in [3.05, 3.63) is 47.5 Å². The van der Waals surface area contributed by atoms with Crippen molar-refractivity contribution in [2.45, 2.75) is 51.4 Å². The summed E-state index contributed by atoms with van der Waals surface area (Å²) in [5.41, 5.74) is 2.53. The number of rotatable bonds is 22. The average Bonchev–Trinajstić information content (AvgIpc) is 2.94. The van der Waals surface area contributed by atoms with E-state index in [1.54, 1.807) is 28.4 Å². The quantitative estimate of drug-likeness (QED) is 0.180. The highest BCUT2D eigenvalue weighted by Crippen LogP contribution is 2.29. The Morgan fingerprint density at radius 3 is 1.16 bits per heavy atom. The zero-order chi connectivity index (χ0) is 26.6. The molecule has 7 nitrogen and oxygen atoms in total. The molecule has 0 aromatic heterocycles. The van der Waals surface area contributed by atoms with Gasteiger partial charge in [0.05, 0.1) is 54.9 Å². The van der Waals surface area contributed by atoms with Gasteiger partial charge in [0, 0.05) is 13.2 Å². The second-order valence-electron chi connectivity index (χ2n) is 8.84. The maximum absolute atomic E-state index is 5.67. The molecule has 0 saturated heterocycles. The molecule has 2 rings (SSSR count). The highest BCUT2D eigenvalue weighted by Gasteiger charge is 2.05. The molecule has 0 aliphatic heterocycles. The van der Waals surface area contributed by atoms with E-state index < -0.39 is 0 Å². The highest BCUT2D eigenvalue weighted by atomic mass is 16.5. The van der Waals surface area contributed by atoms with Crippen LogP contribution in [0.5, 0.6) is 23.0 Å². The van der Waals surface area contributed by atoms with Gasteiger partial charge in [0.2, 0.25) is 0 Å².